The number of hydrogen-bond donors (Lipinski definition) is 1. The Morgan fingerprint density at radius 2 is 1.73 bits per heavy atom. The van der Waals surface area contributed by atoms with E-state index in [0.29, 0.717) is 30.4 Å². The number of methoxy groups -OCH3 is 1. The number of hydrogen-bond acceptors (Lipinski definition) is 5. The number of aryl methyl sites for hydroxylation is 1. The summed E-state index contributed by atoms with van der Waals surface area (Å²) in [4.78, 5) is 15.8. The number of amides is 1. The van der Waals surface area contributed by atoms with Crippen LogP contribution in [0.25, 0.3) is 0 Å². The van der Waals surface area contributed by atoms with E-state index in [1.807, 2.05) is 79.7 Å². The van der Waals surface area contributed by atoms with E-state index in [1.165, 1.54) is 5.56 Å². The van der Waals surface area contributed by atoms with Crippen LogP contribution in [0.3, 0.4) is 0 Å². The lowest BCUT2D eigenvalue weighted by Gasteiger charge is -2.37. The van der Waals surface area contributed by atoms with E-state index in [-0.39, 0.29) is 11.9 Å². The van der Waals surface area contributed by atoms with Crippen LogP contribution >= 0.6 is 11.6 Å². The summed E-state index contributed by atoms with van der Waals surface area (Å²) >= 11 is 6.07. The molecule has 1 N–H and O–H groups in total. The quantitative estimate of drug-likeness (QED) is 0.143. The number of ether oxygens (including phenoxy) is 3. The van der Waals surface area contributed by atoms with Crippen LogP contribution in [0.1, 0.15) is 42.4 Å². The molecular weight excluding hydrogens is 584 g/mol. The Bertz CT molecular complexity index is 1510. The fourth-order valence-corrected chi connectivity index (χ4v) is 6.20. The molecule has 0 saturated carbocycles. The number of likely N-dealkylation sites (tertiary alicyclic amines) is 1. The number of carbonyl (C=O) groups is 1. The molecule has 1 aliphatic rings. The summed E-state index contributed by atoms with van der Waals surface area (Å²) < 4.78 is 17.4. The lowest BCUT2D eigenvalue weighted by Crippen LogP contribution is -2.48. The Labute approximate surface area is 272 Å². The molecule has 45 heavy (non-hydrogen) atoms. The first-order chi connectivity index (χ1) is 21.9. The summed E-state index contributed by atoms with van der Waals surface area (Å²) in [6.45, 7) is 5.29. The maximum absolute atomic E-state index is 13.3. The van der Waals surface area contributed by atoms with Gasteiger partial charge >= 0.3 is 0 Å². The lowest BCUT2D eigenvalue weighted by molar-refractivity contribution is -0.122. The number of para-hydroxylation sites is 1. The monoisotopic (exact) mass is 626 g/mol. The molecule has 0 aromatic heterocycles. The van der Waals surface area contributed by atoms with Gasteiger partial charge in [-0.3, -0.25) is 9.69 Å². The van der Waals surface area contributed by atoms with Crippen molar-refractivity contribution < 1.29 is 19.0 Å². The molecule has 6 nitrogen and oxygen atoms in total. The molecule has 1 saturated heterocycles. The Balaban J connectivity index is 1.23. The fraction of sp³-hybridized carbons (Fsp3) is 0.342. The van der Waals surface area contributed by atoms with Crippen molar-refractivity contribution in [3.05, 3.63) is 119 Å². The minimum Gasteiger partial charge on any atom is -0.497 e. The number of halogens is 1. The van der Waals surface area contributed by atoms with Gasteiger partial charge in [0.1, 0.15) is 23.0 Å². The van der Waals surface area contributed by atoms with Gasteiger partial charge in [-0.25, -0.2) is 0 Å². The molecule has 0 radical (unpaired) electrons. The van der Waals surface area contributed by atoms with Crippen LogP contribution < -0.4 is 19.5 Å². The molecule has 1 amide bonds. The van der Waals surface area contributed by atoms with Gasteiger partial charge in [0.25, 0.3) is 0 Å². The molecule has 0 spiro atoms. The van der Waals surface area contributed by atoms with Gasteiger partial charge in [-0.15, -0.1) is 0 Å². The highest BCUT2D eigenvalue weighted by Gasteiger charge is 2.29. The van der Waals surface area contributed by atoms with Crippen molar-refractivity contribution in [2.24, 2.45) is 5.92 Å². The van der Waals surface area contributed by atoms with E-state index in [0.717, 1.165) is 73.0 Å². The Kier molecular flexibility index (Phi) is 11.8. The van der Waals surface area contributed by atoms with Gasteiger partial charge in [0.2, 0.25) is 5.91 Å². The summed E-state index contributed by atoms with van der Waals surface area (Å²) in [5, 5.41) is 4.11. The van der Waals surface area contributed by atoms with Gasteiger partial charge < -0.3 is 19.5 Å². The maximum atomic E-state index is 13.3. The average Bonchev–Trinajstić information content (AvgIpc) is 3.05. The molecule has 1 aliphatic heterocycles. The maximum Gasteiger partial charge on any atom is 0.220 e. The molecule has 2 unspecified atom stereocenters. The van der Waals surface area contributed by atoms with Gasteiger partial charge in [0.15, 0.2) is 0 Å². The number of carbonyl (C=O) groups excluding carboxylic acids is 1. The molecular formula is C38H43ClN2O4. The van der Waals surface area contributed by atoms with Crippen LogP contribution in [-0.2, 0) is 17.8 Å². The van der Waals surface area contributed by atoms with E-state index in [9.17, 15) is 4.79 Å². The van der Waals surface area contributed by atoms with E-state index < -0.39 is 0 Å². The van der Waals surface area contributed by atoms with E-state index in [1.54, 1.807) is 7.11 Å². The zero-order valence-electron chi connectivity index (χ0n) is 26.2. The highest BCUT2D eigenvalue weighted by atomic mass is 35.5. The van der Waals surface area contributed by atoms with Crippen molar-refractivity contribution in [2.45, 2.75) is 51.6 Å². The van der Waals surface area contributed by atoms with Crippen LogP contribution in [0.5, 0.6) is 23.0 Å². The van der Waals surface area contributed by atoms with Crippen LogP contribution in [0.2, 0.25) is 5.02 Å². The van der Waals surface area contributed by atoms with Crippen molar-refractivity contribution in [1.29, 1.82) is 0 Å². The standard InChI is InChI=1S/C38H43ClN2O4/c1-28-23-32(39)17-20-37(28)44-22-8-14-38(42)40-36(25-30-9-6-13-35(24-30)45-34-11-4-3-5-12-34)31-10-7-21-41(27-31)26-29-15-18-33(43-2)19-16-29/h3-6,9,11-13,15-20,23-24,31,36H,7-8,10,14,21-22,25-27H2,1-2H3,(H,40,42). The second-order valence-electron chi connectivity index (χ2n) is 11.8. The number of benzene rings is 4. The van der Waals surface area contributed by atoms with Crippen LogP contribution in [0.4, 0.5) is 0 Å². The minimum absolute atomic E-state index is 0.00238. The second-order valence-corrected chi connectivity index (χ2v) is 12.2. The molecule has 236 valence electrons. The third kappa shape index (κ3) is 10.0. The SMILES string of the molecule is COc1ccc(CN2CCCC(C(Cc3cccc(Oc4ccccc4)c3)NC(=O)CCCOc3ccc(Cl)cc3C)C2)cc1. The highest BCUT2D eigenvalue weighted by Crippen LogP contribution is 2.27. The molecule has 1 fully saturated rings. The molecule has 1 heterocycles. The predicted molar refractivity (Wildman–Crippen MR) is 181 cm³/mol. The molecule has 0 bridgehead atoms. The Hall–Kier alpha value is -4.00. The van der Waals surface area contributed by atoms with Crippen molar-refractivity contribution in [1.82, 2.24) is 10.2 Å². The highest BCUT2D eigenvalue weighted by molar-refractivity contribution is 6.30. The van der Waals surface area contributed by atoms with E-state index >= 15 is 0 Å². The first-order valence-corrected chi connectivity index (χ1v) is 16.2. The smallest absolute Gasteiger partial charge is 0.220 e. The van der Waals surface area contributed by atoms with Crippen molar-refractivity contribution in [3.8, 4) is 23.0 Å². The number of piperidine rings is 1. The van der Waals surface area contributed by atoms with E-state index in [4.69, 9.17) is 25.8 Å². The Morgan fingerprint density at radius 1 is 0.933 bits per heavy atom. The number of nitrogens with one attached hydrogen (secondary N) is 1. The van der Waals surface area contributed by atoms with Gasteiger partial charge in [0, 0.05) is 30.6 Å². The molecule has 7 heteroatoms. The molecule has 0 aliphatic carbocycles. The normalized spacial score (nSPS) is 15.7. The first kappa shape index (κ1) is 32.4. The lowest BCUT2D eigenvalue weighted by atomic mass is 9.86. The zero-order chi connectivity index (χ0) is 31.4. The minimum atomic E-state index is 0.00238. The van der Waals surface area contributed by atoms with Crippen LogP contribution in [0, 0.1) is 12.8 Å². The summed E-state index contributed by atoms with van der Waals surface area (Å²) in [6.07, 6.45) is 3.94. The zero-order valence-corrected chi connectivity index (χ0v) is 27.0. The topological polar surface area (TPSA) is 60.0 Å². The summed E-state index contributed by atoms with van der Waals surface area (Å²) in [7, 11) is 1.69. The van der Waals surface area contributed by atoms with Gasteiger partial charge in [-0.2, -0.15) is 0 Å². The fourth-order valence-electron chi connectivity index (χ4n) is 5.97. The largest absolute Gasteiger partial charge is 0.497 e. The second kappa shape index (κ2) is 16.4. The molecule has 4 aromatic rings. The third-order valence-electron chi connectivity index (χ3n) is 8.30. The van der Waals surface area contributed by atoms with Gasteiger partial charge in [-0.05, 0) is 116 Å². The molecule has 5 rings (SSSR count). The number of nitrogens with zero attached hydrogens (tertiary/aromatic N) is 1. The summed E-state index contributed by atoms with van der Waals surface area (Å²) in [5.74, 6) is 3.65. The molecule has 4 aromatic carbocycles. The van der Waals surface area contributed by atoms with Gasteiger partial charge in [-0.1, -0.05) is 54.1 Å². The van der Waals surface area contributed by atoms with Crippen molar-refractivity contribution in [2.75, 3.05) is 26.8 Å². The Morgan fingerprint density at radius 3 is 2.51 bits per heavy atom. The predicted octanol–water partition coefficient (Wildman–Crippen LogP) is 8.25. The van der Waals surface area contributed by atoms with Crippen LogP contribution in [0.15, 0.2) is 97.1 Å². The summed E-state index contributed by atoms with van der Waals surface area (Å²) in [6, 6.07) is 31.9. The van der Waals surface area contributed by atoms with E-state index in [2.05, 4.69) is 34.5 Å². The van der Waals surface area contributed by atoms with Crippen molar-refractivity contribution >= 4 is 17.5 Å². The van der Waals surface area contributed by atoms with Crippen LogP contribution in [-0.4, -0.2) is 43.7 Å². The first-order valence-electron chi connectivity index (χ1n) is 15.8. The van der Waals surface area contributed by atoms with Gasteiger partial charge in [0.05, 0.1) is 13.7 Å². The molecule has 2 atom stereocenters. The number of rotatable bonds is 14. The average molecular weight is 627 g/mol. The third-order valence-corrected chi connectivity index (χ3v) is 8.53. The summed E-state index contributed by atoms with van der Waals surface area (Å²) in [5.41, 5.74) is 3.39. The van der Waals surface area contributed by atoms with Crippen molar-refractivity contribution in [3.63, 3.8) is 0 Å².